The number of nitrogens with zero attached hydrogens (tertiary/aromatic N) is 2. The van der Waals surface area contributed by atoms with Crippen molar-refractivity contribution in [2.24, 2.45) is 0 Å². The van der Waals surface area contributed by atoms with Crippen LogP contribution in [0, 0.1) is 0 Å². The van der Waals surface area contributed by atoms with Crippen molar-refractivity contribution in [1.82, 2.24) is 15.3 Å². The minimum Gasteiger partial charge on any atom is -0.350 e. The van der Waals surface area contributed by atoms with Gasteiger partial charge in [-0.2, -0.15) is 0 Å². The molecule has 5 nitrogen and oxygen atoms in total. The van der Waals surface area contributed by atoms with Crippen molar-refractivity contribution in [2.75, 3.05) is 11.9 Å². The Bertz CT molecular complexity index is 941. The highest BCUT2D eigenvalue weighted by Gasteiger charge is 2.11. The topological polar surface area (TPSA) is 66.9 Å². The Labute approximate surface area is 170 Å². The fourth-order valence-corrected chi connectivity index (χ4v) is 2.97. The Morgan fingerprint density at radius 2 is 1.82 bits per heavy atom. The van der Waals surface area contributed by atoms with Crippen LogP contribution in [0.5, 0.6) is 0 Å². The molecule has 0 aliphatic rings. The van der Waals surface area contributed by atoms with Gasteiger partial charge in [0, 0.05) is 23.5 Å². The number of rotatable bonds is 7. The Morgan fingerprint density at radius 3 is 2.57 bits per heavy atom. The average molecular weight is 395 g/mol. The van der Waals surface area contributed by atoms with Gasteiger partial charge < -0.3 is 10.6 Å². The van der Waals surface area contributed by atoms with Gasteiger partial charge in [-0.15, -0.1) is 0 Å². The van der Waals surface area contributed by atoms with E-state index in [0.717, 1.165) is 17.7 Å². The van der Waals surface area contributed by atoms with Crippen LogP contribution in [0.2, 0.25) is 5.02 Å². The molecule has 0 spiro atoms. The second-order valence-electron chi connectivity index (χ2n) is 6.76. The summed E-state index contributed by atoms with van der Waals surface area (Å²) in [5, 5.41) is 6.82. The van der Waals surface area contributed by atoms with Crippen molar-refractivity contribution < 1.29 is 4.79 Å². The molecular formula is C22H23ClN4O. The lowest BCUT2D eigenvalue weighted by Crippen LogP contribution is -2.26. The molecular weight excluding hydrogens is 372 g/mol. The van der Waals surface area contributed by atoms with E-state index >= 15 is 0 Å². The highest BCUT2D eigenvalue weighted by molar-refractivity contribution is 6.30. The fourth-order valence-electron chi connectivity index (χ4n) is 2.84. The summed E-state index contributed by atoms with van der Waals surface area (Å²) in [5.74, 6) is 0.540. The summed E-state index contributed by atoms with van der Waals surface area (Å²) in [4.78, 5) is 21.0. The van der Waals surface area contributed by atoms with E-state index in [1.807, 2.05) is 42.5 Å². The molecule has 0 saturated heterocycles. The number of anilines is 2. The summed E-state index contributed by atoms with van der Waals surface area (Å²) >= 11 is 5.89. The van der Waals surface area contributed by atoms with Crippen molar-refractivity contribution in [3.63, 3.8) is 0 Å². The second kappa shape index (κ2) is 9.33. The molecule has 0 aliphatic heterocycles. The van der Waals surface area contributed by atoms with Crippen LogP contribution in [0.15, 0.2) is 60.8 Å². The minimum atomic E-state index is -0.225. The molecule has 1 heterocycles. The van der Waals surface area contributed by atoms with Crippen molar-refractivity contribution in [2.45, 2.75) is 26.2 Å². The Balaban J connectivity index is 1.62. The predicted octanol–water partition coefficient (Wildman–Crippen LogP) is 4.97. The van der Waals surface area contributed by atoms with Gasteiger partial charge in [-0.05, 0) is 47.7 Å². The van der Waals surface area contributed by atoms with E-state index in [4.69, 9.17) is 11.6 Å². The summed E-state index contributed by atoms with van der Waals surface area (Å²) in [7, 11) is 0. The summed E-state index contributed by atoms with van der Waals surface area (Å²) in [6.07, 6.45) is 2.31. The molecule has 2 N–H and O–H groups in total. The third-order valence-electron chi connectivity index (χ3n) is 4.33. The van der Waals surface area contributed by atoms with E-state index in [2.05, 4.69) is 40.5 Å². The molecule has 0 bridgehead atoms. The lowest BCUT2D eigenvalue weighted by molar-refractivity contribution is 0.0949. The molecule has 0 saturated carbocycles. The van der Waals surface area contributed by atoms with Crippen LogP contribution in [0.4, 0.5) is 11.6 Å². The van der Waals surface area contributed by atoms with Gasteiger partial charge in [0.2, 0.25) is 5.95 Å². The van der Waals surface area contributed by atoms with Gasteiger partial charge in [0.15, 0.2) is 0 Å². The smallest absolute Gasteiger partial charge is 0.270 e. The van der Waals surface area contributed by atoms with Crippen LogP contribution in [-0.2, 0) is 6.42 Å². The quantitative estimate of drug-likeness (QED) is 0.593. The maximum Gasteiger partial charge on any atom is 0.270 e. The first kappa shape index (κ1) is 19.8. The maximum atomic E-state index is 12.4. The molecule has 1 amide bonds. The fraction of sp³-hybridized carbons (Fsp3) is 0.227. The van der Waals surface area contributed by atoms with Crippen molar-refractivity contribution in [3.05, 3.63) is 82.6 Å². The van der Waals surface area contributed by atoms with Crippen molar-refractivity contribution in [1.29, 1.82) is 0 Å². The molecule has 1 aromatic heterocycles. The van der Waals surface area contributed by atoms with Crippen LogP contribution in [0.25, 0.3) is 0 Å². The van der Waals surface area contributed by atoms with Gasteiger partial charge in [-0.1, -0.05) is 55.8 Å². The molecule has 144 valence electrons. The minimum absolute atomic E-state index is 0.225. The Hall–Kier alpha value is -2.92. The number of nitrogens with one attached hydrogen (secondary N) is 2. The van der Waals surface area contributed by atoms with Gasteiger partial charge in [-0.3, -0.25) is 4.79 Å². The number of hydrogen-bond acceptors (Lipinski definition) is 4. The highest BCUT2D eigenvalue weighted by Crippen LogP contribution is 2.25. The average Bonchev–Trinajstić information content (AvgIpc) is 2.70. The molecule has 2 aromatic carbocycles. The third-order valence-corrected chi connectivity index (χ3v) is 4.58. The zero-order chi connectivity index (χ0) is 19.9. The number of halogens is 1. The summed E-state index contributed by atoms with van der Waals surface area (Å²) < 4.78 is 0. The standard InChI is InChI=1S/C22H23ClN4O/c1-15(2)18-5-3-4-6-19(18)26-22-25-14-12-20(27-22)21(28)24-13-11-16-7-9-17(23)10-8-16/h3-10,12,14-15H,11,13H2,1-2H3,(H,24,28)(H,25,26,27). The molecule has 3 aromatic rings. The van der Waals surface area contributed by atoms with Gasteiger partial charge >= 0.3 is 0 Å². The SMILES string of the molecule is CC(C)c1ccccc1Nc1nccc(C(=O)NCCc2ccc(Cl)cc2)n1. The number of carbonyl (C=O) groups excluding carboxylic acids is 1. The molecule has 0 aliphatic carbocycles. The first-order chi connectivity index (χ1) is 13.5. The van der Waals surface area contributed by atoms with Crippen LogP contribution >= 0.6 is 11.6 Å². The molecule has 0 radical (unpaired) electrons. The van der Waals surface area contributed by atoms with Crippen LogP contribution in [0.1, 0.15) is 41.4 Å². The van der Waals surface area contributed by atoms with Crippen LogP contribution in [-0.4, -0.2) is 22.4 Å². The van der Waals surface area contributed by atoms with Crippen molar-refractivity contribution >= 4 is 29.1 Å². The zero-order valence-electron chi connectivity index (χ0n) is 15.9. The van der Waals surface area contributed by atoms with Gasteiger partial charge in [0.1, 0.15) is 5.69 Å². The summed E-state index contributed by atoms with van der Waals surface area (Å²) in [6.45, 7) is 4.78. The molecule has 0 unspecified atom stereocenters. The molecule has 3 rings (SSSR count). The van der Waals surface area contributed by atoms with E-state index < -0.39 is 0 Å². The van der Waals surface area contributed by atoms with E-state index in [1.165, 1.54) is 5.56 Å². The summed E-state index contributed by atoms with van der Waals surface area (Å²) in [5.41, 5.74) is 3.55. The number of benzene rings is 2. The molecule has 0 fully saturated rings. The molecule has 28 heavy (non-hydrogen) atoms. The predicted molar refractivity (Wildman–Crippen MR) is 113 cm³/mol. The lowest BCUT2D eigenvalue weighted by Gasteiger charge is -2.13. The largest absolute Gasteiger partial charge is 0.350 e. The number of carbonyl (C=O) groups is 1. The van der Waals surface area contributed by atoms with E-state index in [1.54, 1.807) is 12.3 Å². The Morgan fingerprint density at radius 1 is 1.07 bits per heavy atom. The highest BCUT2D eigenvalue weighted by atomic mass is 35.5. The lowest BCUT2D eigenvalue weighted by atomic mass is 10.0. The van der Waals surface area contributed by atoms with Crippen LogP contribution < -0.4 is 10.6 Å². The van der Waals surface area contributed by atoms with Crippen LogP contribution in [0.3, 0.4) is 0 Å². The molecule has 0 atom stereocenters. The second-order valence-corrected chi connectivity index (χ2v) is 7.20. The Kier molecular flexibility index (Phi) is 6.61. The maximum absolute atomic E-state index is 12.4. The third kappa shape index (κ3) is 5.30. The normalized spacial score (nSPS) is 10.7. The first-order valence-electron chi connectivity index (χ1n) is 9.24. The number of aromatic nitrogens is 2. The van der Waals surface area contributed by atoms with E-state index in [0.29, 0.717) is 29.1 Å². The monoisotopic (exact) mass is 394 g/mol. The van der Waals surface area contributed by atoms with Gasteiger partial charge in [-0.25, -0.2) is 9.97 Å². The van der Waals surface area contributed by atoms with E-state index in [-0.39, 0.29) is 5.91 Å². The number of amides is 1. The zero-order valence-corrected chi connectivity index (χ0v) is 16.7. The van der Waals surface area contributed by atoms with Gasteiger partial charge in [0.25, 0.3) is 5.91 Å². The first-order valence-corrected chi connectivity index (χ1v) is 9.62. The molecule has 6 heteroatoms. The summed E-state index contributed by atoms with van der Waals surface area (Å²) in [6, 6.07) is 17.2. The van der Waals surface area contributed by atoms with Crippen molar-refractivity contribution in [3.8, 4) is 0 Å². The number of para-hydroxylation sites is 1. The van der Waals surface area contributed by atoms with E-state index in [9.17, 15) is 4.79 Å². The number of hydrogen-bond donors (Lipinski definition) is 2. The van der Waals surface area contributed by atoms with Gasteiger partial charge in [0.05, 0.1) is 0 Å².